The highest BCUT2D eigenvalue weighted by molar-refractivity contribution is 5.80. The number of ether oxygens (including phenoxy) is 5. The number of unbranched alkanes of at least 4 members (excludes halogenated alkanes) is 6. The van der Waals surface area contributed by atoms with Gasteiger partial charge in [-0.25, -0.2) is 19.7 Å². The molecule has 0 amide bonds. The zero-order valence-corrected chi connectivity index (χ0v) is 33.8. The summed E-state index contributed by atoms with van der Waals surface area (Å²) in [5.74, 6) is 0.340. The predicted molar refractivity (Wildman–Crippen MR) is 222 cm³/mol. The maximum atomic E-state index is 12.6. The Labute approximate surface area is 346 Å². The minimum atomic E-state index is -0.990. The van der Waals surface area contributed by atoms with E-state index >= 15 is 0 Å². The lowest BCUT2D eigenvalue weighted by Gasteiger charge is -2.15. The van der Waals surface area contributed by atoms with Crippen molar-refractivity contribution in [3.05, 3.63) is 60.7 Å². The zero-order valence-electron chi connectivity index (χ0n) is 33.8. The fraction of sp³-hybridized carbons (Fsp3) is 0.444. The van der Waals surface area contributed by atoms with Crippen LogP contribution in [0.3, 0.4) is 0 Å². The molecular formula is C45H57N3O11. The van der Waals surface area contributed by atoms with Crippen molar-refractivity contribution in [3.8, 4) is 62.9 Å². The number of phenols is 2. The molecule has 0 aliphatic heterocycles. The van der Waals surface area contributed by atoms with Gasteiger partial charge in [0.25, 0.3) is 0 Å². The van der Waals surface area contributed by atoms with Gasteiger partial charge in [-0.15, -0.1) is 0 Å². The fourth-order valence-corrected chi connectivity index (χ4v) is 5.68. The molecule has 0 bridgehead atoms. The number of hydrogen-bond donors (Lipinski definition) is 2. The Morgan fingerprint density at radius 3 is 1.58 bits per heavy atom. The number of rotatable bonds is 24. The number of methoxy groups -OCH3 is 1. The smallest absolute Gasteiger partial charge is 0.347 e. The summed E-state index contributed by atoms with van der Waals surface area (Å²) >= 11 is 0. The maximum Gasteiger partial charge on any atom is 0.347 e. The van der Waals surface area contributed by atoms with Gasteiger partial charge in [0.05, 0.1) is 31.5 Å². The third-order valence-electron chi connectivity index (χ3n) is 9.14. The van der Waals surface area contributed by atoms with Gasteiger partial charge in [-0.05, 0) is 102 Å². The third kappa shape index (κ3) is 15.3. The lowest BCUT2D eigenvalue weighted by Crippen LogP contribution is -2.26. The highest BCUT2D eigenvalue weighted by atomic mass is 16.6. The summed E-state index contributed by atoms with van der Waals surface area (Å²) in [5, 5.41) is 22.1. The van der Waals surface area contributed by atoms with Crippen LogP contribution < -0.4 is 14.2 Å². The minimum absolute atomic E-state index is 0. The zero-order chi connectivity index (χ0) is 42.0. The lowest BCUT2D eigenvalue weighted by molar-refractivity contribution is -0.151. The van der Waals surface area contributed by atoms with E-state index in [2.05, 4.69) is 15.0 Å². The van der Waals surface area contributed by atoms with Crippen molar-refractivity contribution >= 4 is 23.5 Å². The molecule has 0 aliphatic rings. The van der Waals surface area contributed by atoms with E-state index in [4.69, 9.17) is 23.7 Å². The van der Waals surface area contributed by atoms with E-state index in [1.165, 1.54) is 26.0 Å². The number of hydrogen-bond acceptors (Lipinski definition) is 14. The number of ketones is 2. The molecule has 4 aromatic rings. The van der Waals surface area contributed by atoms with Crippen molar-refractivity contribution in [1.29, 1.82) is 0 Å². The third-order valence-corrected chi connectivity index (χ3v) is 9.14. The van der Waals surface area contributed by atoms with Crippen LogP contribution >= 0.6 is 0 Å². The summed E-state index contributed by atoms with van der Waals surface area (Å²) in [6, 6.07) is 16.0. The largest absolute Gasteiger partial charge is 0.507 e. The van der Waals surface area contributed by atoms with Crippen LogP contribution in [0.25, 0.3) is 34.2 Å². The molecule has 0 fully saturated rings. The van der Waals surface area contributed by atoms with Crippen LogP contribution in [0.4, 0.5) is 0 Å². The fourth-order valence-electron chi connectivity index (χ4n) is 5.68. The highest BCUT2D eigenvalue weighted by Crippen LogP contribution is 2.36. The molecule has 1 aromatic heterocycles. The Morgan fingerprint density at radius 1 is 0.593 bits per heavy atom. The molecule has 3 aromatic carbocycles. The van der Waals surface area contributed by atoms with Gasteiger partial charge < -0.3 is 38.7 Å². The first kappa shape index (κ1) is 47.3. The van der Waals surface area contributed by atoms with E-state index in [1.54, 1.807) is 69.5 Å². The Hall–Kier alpha value is -6.05. The number of nitrogens with zero attached hydrogens (tertiary/aromatic N) is 3. The number of phenolic OH excluding ortho intramolecular Hbond substituents is 2. The Balaban J connectivity index is 0.00000930. The van der Waals surface area contributed by atoms with E-state index in [9.17, 15) is 29.4 Å². The first-order valence-corrected chi connectivity index (χ1v) is 19.6. The molecule has 0 saturated heterocycles. The monoisotopic (exact) mass is 815 g/mol. The molecule has 2 N–H and O–H groups in total. The van der Waals surface area contributed by atoms with Crippen molar-refractivity contribution in [2.45, 2.75) is 112 Å². The maximum absolute atomic E-state index is 12.6. The Bertz CT molecular complexity index is 2000. The van der Waals surface area contributed by atoms with Crippen LogP contribution in [0, 0.1) is 0 Å². The molecule has 2 unspecified atom stereocenters. The van der Waals surface area contributed by atoms with Gasteiger partial charge >= 0.3 is 11.9 Å². The summed E-state index contributed by atoms with van der Waals surface area (Å²) in [4.78, 5) is 61.1. The number of esters is 2. The SMILES string of the molecule is C.COc1ccc(-c2nc(-c3ccc(OC(C)C(C)=O)cc3O)nc(-c3ccc(OC(C)C(=O)OCCCCOC(=O)CCCCCCCCC(C)=O)cc3O)n2)cc1. The normalized spacial score (nSPS) is 11.7. The van der Waals surface area contributed by atoms with Gasteiger partial charge in [0.15, 0.2) is 35.5 Å². The van der Waals surface area contributed by atoms with Crippen LogP contribution in [0.1, 0.15) is 99.3 Å². The van der Waals surface area contributed by atoms with Crippen LogP contribution in [0.15, 0.2) is 60.7 Å². The second-order valence-electron chi connectivity index (χ2n) is 13.9. The van der Waals surface area contributed by atoms with Crippen molar-refractivity contribution in [2.24, 2.45) is 0 Å². The number of Topliss-reactive ketones (excluding diaryl/α,β-unsaturated/α-hetero) is 2. The van der Waals surface area contributed by atoms with E-state index in [-0.39, 0.29) is 89.8 Å². The van der Waals surface area contributed by atoms with Crippen molar-refractivity contribution in [1.82, 2.24) is 15.0 Å². The van der Waals surface area contributed by atoms with E-state index in [0.717, 1.165) is 38.5 Å². The predicted octanol–water partition coefficient (Wildman–Crippen LogP) is 8.63. The molecule has 0 radical (unpaired) electrons. The molecule has 14 nitrogen and oxygen atoms in total. The molecule has 14 heteroatoms. The topological polar surface area (TPSA) is 194 Å². The average Bonchev–Trinajstić information content (AvgIpc) is 3.19. The number of carbonyl (C=O) groups is 4. The van der Waals surface area contributed by atoms with E-state index in [1.807, 2.05) is 0 Å². The molecule has 0 spiro atoms. The molecular weight excluding hydrogens is 759 g/mol. The molecule has 0 saturated carbocycles. The van der Waals surface area contributed by atoms with E-state index < -0.39 is 18.2 Å². The van der Waals surface area contributed by atoms with Crippen molar-refractivity contribution < 1.29 is 53.1 Å². The number of aromatic hydroxyl groups is 2. The van der Waals surface area contributed by atoms with Gasteiger partial charge in [0, 0.05) is 30.5 Å². The van der Waals surface area contributed by atoms with Crippen LogP contribution in [-0.2, 0) is 28.7 Å². The van der Waals surface area contributed by atoms with Crippen molar-refractivity contribution in [3.63, 3.8) is 0 Å². The van der Waals surface area contributed by atoms with Gasteiger partial charge in [-0.1, -0.05) is 33.1 Å². The highest BCUT2D eigenvalue weighted by Gasteiger charge is 2.21. The van der Waals surface area contributed by atoms with Gasteiger partial charge in [0.2, 0.25) is 0 Å². The lowest BCUT2D eigenvalue weighted by atomic mass is 10.1. The Morgan fingerprint density at radius 2 is 1.07 bits per heavy atom. The molecule has 1 heterocycles. The second-order valence-corrected chi connectivity index (χ2v) is 13.9. The van der Waals surface area contributed by atoms with Crippen LogP contribution in [0.2, 0.25) is 0 Å². The summed E-state index contributed by atoms with van der Waals surface area (Å²) in [6.07, 6.45) is 6.11. The molecule has 318 valence electrons. The van der Waals surface area contributed by atoms with Crippen LogP contribution in [-0.4, -0.2) is 81.2 Å². The summed E-state index contributed by atoms with van der Waals surface area (Å²) in [7, 11) is 1.55. The van der Waals surface area contributed by atoms with Crippen molar-refractivity contribution in [2.75, 3.05) is 20.3 Å². The molecule has 2 atom stereocenters. The number of benzene rings is 3. The molecule has 4 rings (SSSR count). The Kier molecular flexibility index (Phi) is 19.3. The summed E-state index contributed by atoms with van der Waals surface area (Å²) in [6.45, 7) is 6.53. The van der Waals surface area contributed by atoms with Gasteiger partial charge in [-0.3, -0.25) is 9.59 Å². The molecule has 59 heavy (non-hydrogen) atoms. The minimum Gasteiger partial charge on any atom is -0.507 e. The average molecular weight is 816 g/mol. The first-order valence-electron chi connectivity index (χ1n) is 19.6. The first-order chi connectivity index (χ1) is 27.8. The van der Waals surface area contributed by atoms with Gasteiger partial charge in [-0.2, -0.15) is 0 Å². The quantitative estimate of drug-likeness (QED) is 0.0504. The standard InChI is InChI=1S/C44H53N3O11.CH4/c1-28(48)14-10-8-6-7-9-11-15-40(52)55-24-12-13-25-56-44(53)31(4)58-35-21-23-37(39(51)27-35)43-46-41(32-16-18-33(54-5)19-17-32)45-42(47-43)36-22-20-34(26-38(36)50)57-30(3)29(2)49;/h16-23,26-27,30-31,50-51H,6-15,24-25H2,1-5H3;1H4. The molecule has 0 aliphatic carbocycles. The summed E-state index contributed by atoms with van der Waals surface area (Å²) < 4.78 is 27.3. The number of carbonyl (C=O) groups excluding carboxylic acids is 4. The van der Waals surface area contributed by atoms with Gasteiger partial charge in [0.1, 0.15) is 34.5 Å². The van der Waals surface area contributed by atoms with Crippen LogP contribution in [0.5, 0.6) is 28.7 Å². The summed E-state index contributed by atoms with van der Waals surface area (Å²) in [5.41, 5.74) is 1.10. The number of aromatic nitrogens is 3. The van der Waals surface area contributed by atoms with E-state index in [0.29, 0.717) is 37.0 Å². The second kappa shape index (κ2) is 24.0.